The van der Waals surface area contributed by atoms with E-state index in [1.54, 1.807) is 0 Å². The zero-order valence-electron chi connectivity index (χ0n) is 7.69. The number of carboxylic acid groups (broad SMARTS) is 1. The Hall–Kier alpha value is -0.660. The van der Waals surface area contributed by atoms with Crippen molar-refractivity contribution in [3.05, 3.63) is 0 Å². The van der Waals surface area contributed by atoms with Crippen LogP contribution in [0.4, 0.5) is 0 Å². The largest absolute Gasteiger partial charge is 0.480 e. The second kappa shape index (κ2) is 3.84. The van der Waals surface area contributed by atoms with Gasteiger partial charge in [0.15, 0.2) is 5.75 Å². The average molecular weight is 222 g/mol. The van der Waals surface area contributed by atoms with E-state index >= 15 is 0 Å². The molecule has 0 spiro atoms. The quantitative estimate of drug-likeness (QED) is 0.545. The number of carboxylic acids is 1. The van der Waals surface area contributed by atoms with Gasteiger partial charge in [-0.25, -0.2) is 13.1 Å². The van der Waals surface area contributed by atoms with Crippen molar-refractivity contribution in [3.63, 3.8) is 0 Å². The molecule has 82 valence electrons. The van der Waals surface area contributed by atoms with Crippen LogP contribution in [0.3, 0.4) is 0 Å². The monoisotopic (exact) mass is 222 g/mol. The number of nitrogens with two attached hydrogens (primary N) is 1. The molecular formula is C7H14N2O4S. The molecule has 14 heavy (non-hydrogen) atoms. The first-order chi connectivity index (χ1) is 6.33. The van der Waals surface area contributed by atoms with Crippen LogP contribution in [0.1, 0.15) is 19.3 Å². The van der Waals surface area contributed by atoms with Crippen LogP contribution in [0.2, 0.25) is 0 Å². The van der Waals surface area contributed by atoms with Crippen LogP contribution in [-0.4, -0.2) is 37.3 Å². The van der Waals surface area contributed by atoms with Crippen molar-refractivity contribution >= 4 is 16.0 Å². The van der Waals surface area contributed by atoms with Crippen LogP contribution >= 0.6 is 0 Å². The highest BCUT2D eigenvalue weighted by molar-refractivity contribution is 7.90. The van der Waals surface area contributed by atoms with E-state index in [1.807, 2.05) is 0 Å². The molecule has 0 aromatic rings. The Morgan fingerprint density at radius 2 is 2.07 bits per heavy atom. The highest BCUT2D eigenvalue weighted by atomic mass is 32.2. The number of hydrogen-bond donors (Lipinski definition) is 3. The van der Waals surface area contributed by atoms with E-state index in [9.17, 15) is 13.2 Å². The lowest BCUT2D eigenvalue weighted by Crippen LogP contribution is -2.55. The Morgan fingerprint density at radius 1 is 1.50 bits per heavy atom. The Morgan fingerprint density at radius 3 is 2.43 bits per heavy atom. The SMILES string of the molecule is NC1(CNS(=O)(=O)CC(=O)O)CCC1. The van der Waals surface area contributed by atoms with Gasteiger partial charge in [0.2, 0.25) is 10.0 Å². The molecule has 1 rings (SSSR count). The van der Waals surface area contributed by atoms with E-state index < -0.39 is 27.3 Å². The summed E-state index contributed by atoms with van der Waals surface area (Å²) in [6, 6.07) is 0. The fourth-order valence-corrected chi connectivity index (χ4v) is 2.21. The summed E-state index contributed by atoms with van der Waals surface area (Å²) < 4.78 is 24.4. The predicted octanol–water partition coefficient (Wildman–Crippen LogP) is -1.13. The van der Waals surface area contributed by atoms with Crippen molar-refractivity contribution in [1.82, 2.24) is 4.72 Å². The molecule has 0 aliphatic heterocycles. The summed E-state index contributed by atoms with van der Waals surface area (Å²) in [4.78, 5) is 10.2. The fraction of sp³-hybridized carbons (Fsp3) is 0.857. The normalized spacial score (nSPS) is 20.1. The van der Waals surface area contributed by atoms with Gasteiger partial charge < -0.3 is 10.8 Å². The van der Waals surface area contributed by atoms with Crippen molar-refractivity contribution in [2.24, 2.45) is 5.73 Å². The minimum absolute atomic E-state index is 0.128. The molecule has 7 heteroatoms. The maximum Gasteiger partial charge on any atom is 0.320 e. The second-order valence-corrected chi connectivity index (χ2v) is 5.50. The summed E-state index contributed by atoms with van der Waals surface area (Å²) in [7, 11) is -3.72. The van der Waals surface area contributed by atoms with Gasteiger partial charge in [0.05, 0.1) is 0 Å². The standard InChI is InChI=1S/C7H14N2O4S/c8-7(2-1-3-7)5-9-14(12,13)4-6(10)11/h9H,1-5,8H2,(H,10,11). The molecule has 1 aliphatic rings. The molecule has 0 saturated heterocycles. The van der Waals surface area contributed by atoms with Crippen LogP contribution in [-0.2, 0) is 14.8 Å². The van der Waals surface area contributed by atoms with E-state index in [2.05, 4.69) is 4.72 Å². The van der Waals surface area contributed by atoms with E-state index in [1.165, 1.54) is 0 Å². The molecule has 0 bridgehead atoms. The van der Waals surface area contributed by atoms with E-state index in [0.717, 1.165) is 19.3 Å². The maximum atomic E-state index is 11.1. The highest BCUT2D eigenvalue weighted by Gasteiger charge is 2.33. The summed E-state index contributed by atoms with van der Waals surface area (Å²) in [5.41, 5.74) is 5.30. The summed E-state index contributed by atoms with van der Waals surface area (Å²) in [6.07, 6.45) is 2.56. The fourth-order valence-electron chi connectivity index (χ4n) is 1.27. The van der Waals surface area contributed by atoms with Gasteiger partial charge in [0, 0.05) is 12.1 Å². The summed E-state index contributed by atoms with van der Waals surface area (Å²) in [5, 5.41) is 8.30. The van der Waals surface area contributed by atoms with Gasteiger partial charge in [-0.1, -0.05) is 0 Å². The Balaban J connectivity index is 2.40. The van der Waals surface area contributed by atoms with Crippen molar-refractivity contribution < 1.29 is 18.3 Å². The molecule has 0 heterocycles. The van der Waals surface area contributed by atoms with E-state index in [0.29, 0.717) is 0 Å². The zero-order valence-corrected chi connectivity index (χ0v) is 8.51. The van der Waals surface area contributed by atoms with Gasteiger partial charge in [0.25, 0.3) is 0 Å². The molecule has 4 N–H and O–H groups in total. The number of nitrogens with one attached hydrogen (secondary N) is 1. The second-order valence-electron chi connectivity index (χ2n) is 3.69. The van der Waals surface area contributed by atoms with Crippen molar-refractivity contribution in [3.8, 4) is 0 Å². The number of rotatable bonds is 5. The summed E-state index contributed by atoms with van der Waals surface area (Å²) in [6.45, 7) is 0.128. The van der Waals surface area contributed by atoms with Crippen molar-refractivity contribution in [2.75, 3.05) is 12.3 Å². The zero-order chi connectivity index (χ0) is 10.8. The van der Waals surface area contributed by atoms with Gasteiger partial charge in [-0.2, -0.15) is 0 Å². The van der Waals surface area contributed by atoms with Crippen LogP contribution in [0.5, 0.6) is 0 Å². The van der Waals surface area contributed by atoms with Crippen LogP contribution in [0.25, 0.3) is 0 Å². The third-order valence-electron chi connectivity index (χ3n) is 2.31. The third-order valence-corrected chi connectivity index (χ3v) is 3.52. The summed E-state index contributed by atoms with van der Waals surface area (Å²) >= 11 is 0. The van der Waals surface area contributed by atoms with Gasteiger partial charge in [0.1, 0.15) is 0 Å². The smallest absolute Gasteiger partial charge is 0.320 e. The van der Waals surface area contributed by atoms with E-state index in [-0.39, 0.29) is 6.54 Å². The van der Waals surface area contributed by atoms with Gasteiger partial charge in [-0.05, 0) is 19.3 Å². The molecule has 0 aromatic carbocycles. The van der Waals surface area contributed by atoms with Crippen molar-refractivity contribution in [1.29, 1.82) is 0 Å². The van der Waals surface area contributed by atoms with Crippen LogP contribution in [0, 0.1) is 0 Å². The molecule has 0 atom stereocenters. The number of hydrogen-bond acceptors (Lipinski definition) is 4. The molecule has 0 radical (unpaired) electrons. The lowest BCUT2D eigenvalue weighted by molar-refractivity contribution is -0.134. The first-order valence-electron chi connectivity index (χ1n) is 4.31. The van der Waals surface area contributed by atoms with Crippen molar-refractivity contribution in [2.45, 2.75) is 24.8 Å². The topological polar surface area (TPSA) is 109 Å². The minimum Gasteiger partial charge on any atom is -0.480 e. The Kier molecular flexibility index (Phi) is 3.13. The van der Waals surface area contributed by atoms with Crippen LogP contribution in [0.15, 0.2) is 0 Å². The number of carbonyl (C=O) groups is 1. The molecule has 1 fully saturated rings. The lowest BCUT2D eigenvalue weighted by atomic mass is 9.78. The number of aliphatic carboxylic acids is 1. The first-order valence-corrected chi connectivity index (χ1v) is 5.96. The van der Waals surface area contributed by atoms with Gasteiger partial charge in [-0.3, -0.25) is 4.79 Å². The Bertz CT molecular complexity index is 321. The van der Waals surface area contributed by atoms with Crippen LogP contribution < -0.4 is 10.5 Å². The molecule has 1 saturated carbocycles. The molecule has 0 amide bonds. The number of sulfonamides is 1. The predicted molar refractivity (Wildman–Crippen MR) is 50.2 cm³/mol. The van der Waals surface area contributed by atoms with Gasteiger partial charge in [-0.15, -0.1) is 0 Å². The minimum atomic E-state index is -3.72. The average Bonchev–Trinajstić information content (AvgIpc) is 1.95. The Labute approximate surface area is 82.5 Å². The summed E-state index contributed by atoms with van der Waals surface area (Å²) in [5.74, 6) is -2.26. The highest BCUT2D eigenvalue weighted by Crippen LogP contribution is 2.28. The molecule has 6 nitrogen and oxygen atoms in total. The molecule has 0 aromatic heterocycles. The molecule has 0 unspecified atom stereocenters. The molecule has 1 aliphatic carbocycles. The maximum absolute atomic E-state index is 11.1. The lowest BCUT2D eigenvalue weighted by Gasteiger charge is -2.37. The van der Waals surface area contributed by atoms with Gasteiger partial charge >= 0.3 is 5.97 Å². The molecular weight excluding hydrogens is 208 g/mol. The van der Waals surface area contributed by atoms with E-state index in [4.69, 9.17) is 10.8 Å². The third kappa shape index (κ3) is 3.24. The first kappa shape index (κ1) is 11.4.